The van der Waals surface area contributed by atoms with E-state index < -0.39 is 0 Å². The van der Waals surface area contributed by atoms with Gasteiger partial charge in [0.15, 0.2) is 0 Å². The van der Waals surface area contributed by atoms with Crippen LogP contribution >= 0.6 is 0 Å². The predicted molar refractivity (Wildman–Crippen MR) is 80.9 cm³/mol. The molecule has 1 heterocycles. The number of likely N-dealkylation sites (tertiary alicyclic amines) is 1. The van der Waals surface area contributed by atoms with Crippen LogP contribution in [-0.2, 0) is 4.79 Å². The third kappa shape index (κ3) is 6.95. The zero-order chi connectivity index (χ0) is 14.1. The zero-order valence-corrected chi connectivity index (χ0v) is 12.9. The summed E-state index contributed by atoms with van der Waals surface area (Å²) in [6.45, 7) is 7.31. The molecule has 2 N–H and O–H groups in total. The van der Waals surface area contributed by atoms with Crippen LogP contribution in [0.25, 0.3) is 0 Å². The molecule has 1 saturated heterocycles. The second kappa shape index (κ2) is 9.35. The number of hydrogen-bond donors (Lipinski definition) is 1. The number of unbranched alkanes of at least 4 members (excludes halogenated alkanes) is 3. The topological polar surface area (TPSA) is 46.3 Å². The standard InChI is InChI=1S/C16H32N2O/c1-14(2)12-15-8-7-11-18(13-15)16(19)9-5-3-4-6-10-17/h14-15H,3-13,17H2,1-2H3. The Bertz CT molecular complexity index is 253. The van der Waals surface area contributed by atoms with Gasteiger partial charge in [0.25, 0.3) is 0 Å². The number of nitrogens with two attached hydrogens (primary N) is 1. The van der Waals surface area contributed by atoms with Gasteiger partial charge in [0.2, 0.25) is 5.91 Å². The fourth-order valence-electron chi connectivity index (χ4n) is 3.08. The SMILES string of the molecule is CC(C)CC1CCCN(C(=O)CCCCCCN)C1. The van der Waals surface area contributed by atoms with E-state index in [1.807, 2.05) is 0 Å². The maximum atomic E-state index is 12.2. The Morgan fingerprint density at radius 2 is 2.00 bits per heavy atom. The van der Waals surface area contributed by atoms with Gasteiger partial charge < -0.3 is 10.6 Å². The van der Waals surface area contributed by atoms with E-state index >= 15 is 0 Å². The molecule has 0 saturated carbocycles. The molecule has 0 aromatic carbocycles. The van der Waals surface area contributed by atoms with Crippen molar-refractivity contribution in [3.05, 3.63) is 0 Å². The van der Waals surface area contributed by atoms with Crippen molar-refractivity contribution in [3.63, 3.8) is 0 Å². The minimum atomic E-state index is 0.376. The van der Waals surface area contributed by atoms with Crippen molar-refractivity contribution in [1.82, 2.24) is 4.90 Å². The number of nitrogens with zero attached hydrogens (tertiary/aromatic N) is 1. The maximum absolute atomic E-state index is 12.2. The second-order valence-corrected chi connectivity index (χ2v) is 6.43. The van der Waals surface area contributed by atoms with Gasteiger partial charge in [-0.2, -0.15) is 0 Å². The first kappa shape index (κ1) is 16.5. The molecule has 1 atom stereocenters. The van der Waals surface area contributed by atoms with E-state index in [9.17, 15) is 4.79 Å². The molecular weight excluding hydrogens is 236 g/mol. The van der Waals surface area contributed by atoms with Gasteiger partial charge in [0.1, 0.15) is 0 Å². The highest BCUT2D eigenvalue weighted by Crippen LogP contribution is 2.23. The first-order valence-corrected chi connectivity index (χ1v) is 8.11. The van der Waals surface area contributed by atoms with Crippen molar-refractivity contribution >= 4 is 5.91 Å². The minimum absolute atomic E-state index is 0.376. The van der Waals surface area contributed by atoms with Crippen LogP contribution in [-0.4, -0.2) is 30.4 Å². The predicted octanol–water partition coefficient (Wildman–Crippen LogP) is 3.18. The van der Waals surface area contributed by atoms with E-state index in [1.54, 1.807) is 0 Å². The smallest absolute Gasteiger partial charge is 0.222 e. The number of carbonyl (C=O) groups is 1. The zero-order valence-electron chi connectivity index (χ0n) is 12.9. The first-order valence-electron chi connectivity index (χ1n) is 8.11. The maximum Gasteiger partial charge on any atom is 0.222 e. The van der Waals surface area contributed by atoms with Crippen LogP contribution in [0.5, 0.6) is 0 Å². The third-order valence-electron chi connectivity index (χ3n) is 4.02. The Morgan fingerprint density at radius 3 is 2.68 bits per heavy atom. The van der Waals surface area contributed by atoms with Crippen LogP contribution in [0.15, 0.2) is 0 Å². The normalized spacial score (nSPS) is 20.0. The quantitative estimate of drug-likeness (QED) is 0.687. The average molecular weight is 268 g/mol. The molecule has 112 valence electrons. The van der Waals surface area contributed by atoms with Gasteiger partial charge in [-0.3, -0.25) is 4.79 Å². The number of carbonyl (C=O) groups excluding carboxylic acids is 1. The Morgan fingerprint density at radius 1 is 1.26 bits per heavy atom. The van der Waals surface area contributed by atoms with Gasteiger partial charge in [-0.05, 0) is 50.5 Å². The van der Waals surface area contributed by atoms with E-state index in [0.717, 1.165) is 57.2 Å². The molecule has 19 heavy (non-hydrogen) atoms. The summed E-state index contributed by atoms with van der Waals surface area (Å²) in [5.74, 6) is 1.85. The Labute approximate surface area is 118 Å². The molecule has 1 amide bonds. The van der Waals surface area contributed by atoms with Crippen LogP contribution in [0, 0.1) is 11.8 Å². The van der Waals surface area contributed by atoms with Crippen LogP contribution in [0.1, 0.15) is 65.2 Å². The van der Waals surface area contributed by atoms with Crippen molar-refractivity contribution in [2.75, 3.05) is 19.6 Å². The molecule has 1 fully saturated rings. The summed E-state index contributed by atoms with van der Waals surface area (Å²) in [7, 11) is 0. The van der Waals surface area contributed by atoms with E-state index in [2.05, 4.69) is 18.7 Å². The fourth-order valence-corrected chi connectivity index (χ4v) is 3.08. The van der Waals surface area contributed by atoms with E-state index in [0.29, 0.717) is 5.91 Å². The Kier molecular flexibility index (Phi) is 8.11. The number of rotatable bonds is 8. The minimum Gasteiger partial charge on any atom is -0.342 e. The van der Waals surface area contributed by atoms with E-state index in [1.165, 1.54) is 25.7 Å². The monoisotopic (exact) mass is 268 g/mol. The van der Waals surface area contributed by atoms with Gasteiger partial charge in [0.05, 0.1) is 0 Å². The second-order valence-electron chi connectivity index (χ2n) is 6.43. The molecule has 1 unspecified atom stereocenters. The first-order chi connectivity index (χ1) is 9.13. The van der Waals surface area contributed by atoms with Gasteiger partial charge in [-0.15, -0.1) is 0 Å². The molecule has 0 bridgehead atoms. The van der Waals surface area contributed by atoms with Crippen molar-refractivity contribution in [1.29, 1.82) is 0 Å². The number of hydrogen-bond acceptors (Lipinski definition) is 2. The van der Waals surface area contributed by atoms with Gasteiger partial charge >= 0.3 is 0 Å². The van der Waals surface area contributed by atoms with Gasteiger partial charge in [-0.1, -0.05) is 26.7 Å². The summed E-state index contributed by atoms with van der Waals surface area (Å²) in [4.78, 5) is 14.3. The molecule has 0 aromatic heterocycles. The average Bonchev–Trinajstić information content (AvgIpc) is 2.38. The van der Waals surface area contributed by atoms with Crippen molar-refractivity contribution in [3.8, 4) is 0 Å². The number of amides is 1. The summed E-state index contributed by atoms with van der Waals surface area (Å²) in [5.41, 5.74) is 5.47. The van der Waals surface area contributed by atoms with Crippen LogP contribution < -0.4 is 5.73 Å². The molecule has 1 rings (SSSR count). The fraction of sp³-hybridized carbons (Fsp3) is 0.938. The molecule has 0 spiro atoms. The highest BCUT2D eigenvalue weighted by atomic mass is 16.2. The lowest BCUT2D eigenvalue weighted by Crippen LogP contribution is -2.40. The Balaban J connectivity index is 2.20. The van der Waals surface area contributed by atoms with Crippen molar-refractivity contribution in [2.24, 2.45) is 17.6 Å². The molecule has 1 aliphatic rings. The summed E-state index contributed by atoms with van der Waals surface area (Å²) in [6.07, 6.45) is 8.93. The Hall–Kier alpha value is -0.570. The molecule has 3 nitrogen and oxygen atoms in total. The lowest BCUT2D eigenvalue weighted by atomic mass is 9.89. The summed E-state index contributed by atoms with van der Waals surface area (Å²) < 4.78 is 0. The highest BCUT2D eigenvalue weighted by Gasteiger charge is 2.23. The van der Waals surface area contributed by atoms with Crippen LogP contribution in [0.3, 0.4) is 0 Å². The highest BCUT2D eigenvalue weighted by molar-refractivity contribution is 5.76. The van der Waals surface area contributed by atoms with Crippen molar-refractivity contribution in [2.45, 2.75) is 65.2 Å². The summed E-state index contributed by atoms with van der Waals surface area (Å²) in [5, 5.41) is 0. The lowest BCUT2D eigenvalue weighted by Gasteiger charge is -2.33. The van der Waals surface area contributed by atoms with Crippen LogP contribution in [0.2, 0.25) is 0 Å². The van der Waals surface area contributed by atoms with E-state index in [4.69, 9.17) is 5.73 Å². The molecule has 0 radical (unpaired) electrons. The largest absolute Gasteiger partial charge is 0.342 e. The molecule has 3 heteroatoms. The molecule has 0 aromatic rings. The lowest BCUT2D eigenvalue weighted by molar-refractivity contribution is -0.133. The molecular formula is C16H32N2O. The third-order valence-corrected chi connectivity index (χ3v) is 4.02. The van der Waals surface area contributed by atoms with Gasteiger partial charge in [0, 0.05) is 19.5 Å². The van der Waals surface area contributed by atoms with Crippen molar-refractivity contribution < 1.29 is 4.79 Å². The summed E-state index contributed by atoms with van der Waals surface area (Å²) in [6, 6.07) is 0. The molecule has 0 aliphatic carbocycles. The number of piperidine rings is 1. The summed E-state index contributed by atoms with van der Waals surface area (Å²) >= 11 is 0. The molecule has 1 aliphatic heterocycles. The van der Waals surface area contributed by atoms with Crippen LogP contribution in [0.4, 0.5) is 0 Å². The van der Waals surface area contributed by atoms with E-state index in [-0.39, 0.29) is 0 Å². The van der Waals surface area contributed by atoms with Gasteiger partial charge in [-0.25, -0.2) is 0 Å².